The number of aromatic amines is 1. The van der Waals surface area contributed by atoms with Gasteiger partial charge in [0.2, 0.25) is 0 Å². The summed E-state index contributed by atoms with van der Waals surface area (Å²) < 4.78 is 0. The Morgan fingerprint density at radius 3 is 2.69 bits per heavy atom. The Labute approximate surface area is 79.9 Å². The molecule has 0 saturated carbocycles. The summed E-state index contributed by atoms with van der Waals surface area (Å²) in [5.74, 6) is 0. The third kappa shape index (κ3) is 2.56. The molecule has 0 spiro atoms. The zero-order chi connectivity index (χ0) is 9.84. The van der Waals surface area contributed by atoms with Gasteiger partial charge in [0.15, 0.2) is 0 Å². The van der Waals surface area contributed by atoms with Gasteiger partial charge in [-0.2, -0.15) is 5.10 Å². The zero-order valence-corrected chi connectivity index (χ0v) is 8.89. The fourth-order valence-electron chi connectivity index (χ4n) is 1.43. The maximum absolute atomic E-state index is 4.01. The van der Waals surface area contributed by atoms with Crippen LogP contribution in [0.25, 0.3) is 0 Å². The molecule has 0 fully saturated rings. The van der Waals surface area contributed by atoms with E-state index in [0.717, 1.165) is 12.1 Å². The molecule has 1 rings (SSSR count). The number of nitrogens with one attached hydrogen (secondary N) is 2. The van der Waals surface area contributed by atoms with Crippen molar-refractivity contribution in [3.63, 3.8) is 0 Å². The third-order valence-corrected chi connectivity index (χ3v) is 2.48. The molecule has 0 saturated heterocycles. The van der Waals surface area contributed by atoms with E-state index in [9.17, 15) is 0 Å². The minimum absolute atomic E-state index is 0.383. The van der Waals surface area contributed by atoms with Gasteiger partial charge in [-0.05, 0) is 27.2 Å². The largest absolute Gasteiger partial charge is 0.308 e. The minimum Gasteiger partial charge on any atom is -0.308 e. The molecule has 0 aliphatic heterocycles. The van der Waals surface area contributed by atoms with Crippen molar-refractivity contribution < 1.29 is 0 Å². The highest BCUT2D eigenvalue weighted by Crippen LogP contribution is 2.15. The fourth-order valence-corrected chi connectivity index (χ4v) is 1.43. The van der Waals surface area contributed by atoms with Crippen molar-refractivity contribution >= 4 is 0 Å². The quantitative estimate of drug-likeness (QED) is 0.747. The molecule has 2 unspecified atom stereocenters. The van der Waals surface area contributed by atoms with Crippen LogP contribution >= 0.6 is 0 Å². The normalized spacial score (nSPS) is 15.7. The van der Waals surface area contributed by atoms with Gasteiger partial charge in [0, 0.05) is 23.3 Å². The summed E-state index contributed by atoms with van der Waals surface area (Å²) in [6.07, 6.45) is 3.05. The first kappa shape index (κ1) is 10.3. The van der Waals surface area contributed by atoms with Crippen LogP contribution in [0.2, 0.25) is 0 Å². The van der Waals surface area contributed by atoms with Gasteiger partial charge in [0.05, 0.1) is 6.20 Å². The van der Waals surface area contributed by atoms with Gasteiger partial charge >= 0.3 is 0 Å². The predicted molar refractivity (Wildman–Crippen MR) is 54.6 cm³/mol. The number of hydrogen-bond acceptors (Lipinski definition) is 2. The Morgan fingerprint density at radius 2 is 2.23 bits per heavy atom. The molecular weight excluding hydrogens is 162 g/mol. The standard InChI is InChI=1S/C10H19N3/c1-5-7(2)12-8(3)10-6-11-13-9(10)4/h6-8,12H,5H2,1-4H3,(H,11,13). The summed E-state index contributed by atoms with van der Waals surface area (Å²) in [5.41, 5.74) is 2.42. The van der Waals surface area contributed by atoms with Crippen LogP contribution in [0.5, 0.6) is 0 Å². The molecule has 0 bridgehead atoms. The van der Waals surface area contributed by atoms with Gasteiger partial charge in [0.1, 0.15) is 0 Å². The monoisotopic (exact) mass is 181 g/mol. The molecule has 2 N–H and O–H groups in total. The highest BCUT2D eigenvalue weighted by atomic mass is 15.1. The Balaban J connectivity index is 2.58. The van der Waals surface area contributed by atoms with E-state index >= 15 is 0 Å². The molecule has 1 aromatic rings. The van der Waals surface area contributed by atoms with Crippen molar-refractivity contribution in [2.45, 2.75) is 46.2 Å². The first-order valence-electron chi connectivity index (χ1n) is 4.91. The van der Waals surface area contributed by atoms with E-state index < -0.39 is 0 Å². The van der Waals surface area contributed by atoms with Crippen molar-refractivity contribution in [3.8, 4) is 0 Å². The Kier molecular flexibility index (Phi) is 3.48. The molecule has 3 heteroatoms. The van der Waals surface area contributed by atoms with E-state index in [4.69, 9.17) is 0 Å². The summed E-state index contributed by atoms with van der Waals surface area (Å²) >= 11 is 0. The van der Waals surface area contributed by atoms with Gasteiger partial charge in [-0.15, -0.1) is 0 Å². The van der Waals surface area contributed by atoms with E-state index in [1.807, 2.05) is 6.20 Å². The van der Waals surface area contributed by atoms with Gasteiger partial charge in [-0.3, -0.25) is 5.10 Å². The second-order valence-corrected chi connectivity index (χ2v) is 3.65. The number of aromatic nitrogens is 2. The van der Waals surface area contributed by atoms with Crippen LogP contribution in [0, 0.1) is 6.92 Å². The fraction of sp³-hybridized carbons (Fsp3) is 0.700. The molecule has 0 aromatic carbocycles. The lowest BCUT2D eigenvalue weighted by Crippen LogP contribution is -2.28. The molecule has 0 aliphatic carbocycles. The number of aryl methyl sites for hydroxylation is 1. The number of H-pyrrole nitrogens is 1. The van der Waals surface area contributed by atoms with Crippen LogP contribution in [0.3, 0.4) is 0 Å². The van der Waals surface area contributed by atoms with Crippen LogP contribution in [0.15, 0.2) is 6.20 Å². The Bertz CT molecular complexity index is 254. The molecule has 1 aromatic heterocycles. The summed E-state index contributed by atoms with van der Waals surface area (Å²) in [5, 5.41) is 10.5. The van der Waals surface area contributed by atoms with Crippen LogP contribution in [0.1, 0.15) is 44.5 Å². The topological polar surface area (TPSA) is 40.7 Å². The summed E-state index contributed by atoms with van der Waals surface area (Å²) in [6, 6.07) is 0.943. The van der Waals surface area contributed by atoms with Crippen LogP contribution in [-0.2, 0) is 0 Å². The highest BCUT2D eigenvalue weighted by molar-refractivity contribution is 5.18. The van der Waals surface area contributed by atoms with E-state index in [0.29, 0.717) is 12.1 Å². The Hall–Kier alpha value is -0.830. The third-order valence-electron chi connectivity index (χ3n) is 2.48. The first-order valence-corrected chi connectivity index (χ1v) is 4.91. The average molecular weight is 181 g/mol. The molecule has 0 radical (unpaired) electrons. The average Bonchev–Trinajstić information content (AvgIpc) is 2.51. The van der Waals surface area contributed by atoms with Crippen LogP contribution in [0.4, 0.5) is 0 Å². The summed E-state index contributed by atoms with van der Waals surface area (Å²) in [7, 11) is 0. The molecule has 74 valence electrons. The molecular formula is C10H19N3. The minimum atomic E-state index is 0.383. The van der Waals surface area contributed by atoms with E-state index in [1.54, 1.807) is 0 Å². The van der Waals surface area contributed by atoms with Crippen molar-refractivity contribution in [1.82, 2.24) is 15.5 Å². The number of rotatable bonds is 4. The van der Waals surface area contributed by atoms with Gasteiger partial charge in [0.25, 0.3) is 0 Å². The molecule has 2 atom stereocenters. The number of nitrogens with zero attached hydrogens (tertiary/aromatic N) is 1. The molecule has 3 nitrogen and oxygen atoms in total. The maximum atomic E-state index is 4.01. The molecule has 0 amide bonds. The van der Waals surface area contributed by atoms with Crippen molar-refractivity contribution in [1.29, 1.82) is 0 Å². The van der Waals surface area contributed by atoms with Crippen molar-refractivity contribution in [2.24, 2.45) is 0 Å². The highest BCUT2D eigenvalue weighted by Gasteiger charge is 2.11. The van der Waals surface area contributed by atoms with E-state index in [1.165, 1.54) is 5.56 Å². The lowest BCUT2D eigenvalue weighted by atomic mass is 10.1. The van der Waals surface area contributed by atoms with Gasteiger partial charge in [-0.25, -0.2) is 0 Å². The summed E-state index contributed by atoms with van der Waals surface area (Å²) in [6.45, 7) is 8.61. The predicted octanol–water partition coefficient (Wildman–Crippen LogP) is 2.17. The molecule has 1 heterocycles. The van der Waals surface area contributed by atoms with Crippen molar-refractivity contribution in [2.75, 3.05) is 0 Å². The smallest absolute Gasteiger partial charge is 0.0537 e. The van der Waals surface area contributed by atoms with E-state index in [2.05, 4.69) is 43.2 Å². The maximum Gasteiger partial charge on any atom is 0.0537 e. The van der Waals surface area contributed by atoms with E-state index in [-0.39, 0.29) is 0 Å². The van der Waals surface area contributed by atoms with Gasteiger partial charge < -0.3 is 5.32 Å². The Morgan fingerprint density at radius 1 is 1.54 bits per heavy atom. The number of hydrogen-bond donors (Lipinski definition) is 2. The molecule has 13 heavy (non-hydrogen) atoms. The summed E-state index contributed by atoms with van der Waals surface area (Å²) in [4.78, 5) is 0. The van der Waals surface area contributed by atoms with Crippen LogP contribution in [-0.4, -0.2) is 16.2 Å². The molecule has 0 aliphatic rings. The second kappa shape index (κ2) is 4.42. The zero-order valence-electron chi connectivity index (χ0n) is 8.89. The first-order chi connectivity index (χ1) is 6.15. The van der Waals surface area contributed by atoms with Gasteiger partial charge in [-0.1, -0.05) is 6.92 Å². The second-order valence-electron chi connectivity index (χ2n) is 3.65. The SMILES string of the molecule is CCC(C)NC(C)c1cn[nH]c1C. The van der Waals surface area contributed by atoms with Crippen molar-refractivity contribution in [3.05, 3.63) is 17.5 Å². The van der Waals surface area contributed by atoms with Crippen LogP contribution < -0.4 is 5.32 Å². The lowest BCUT2D eigenvalue weighted by molar-refractivity contribution is 0.468. The lowest BCUT2D eigenvalue weighted by Gasteiger charge is -2.18.